The fourth-order valence-corrected chi connectivity index (χ4v) is 3.54. The molecule has 0 unspecified atom stereocenters. The molecule has 0 aliphatic heterocycles. The Hall–Kier alpha value is -3.16. The van der Waals surface area contributed by atoms with Crippen LogP contribution in [0.25, 0.3) is 11.1 Å². The van der Waals surface area contributed by atoms with Crippen molar-refractivity contribution >= 4 is 35.1 Å². The predicted octanol–water partition coefficient (Wildman–Crippen LogP) is 5.48. The van der Waals surface area contributed by atoms with Crippen LogP contribution in [0.5, 0.6) is 5.75 Å². The number of benzene rings is 2. The summed E-state index contributed by atoms with van der Waals surface area (Å²) in [7, 11) is 0. The second-order valence-corrected chi connectivity index (χ2v) is 7.83. The molecule has 0 saturated heterocycles. The number of alkyl halides is 2. The highest BCUT2D eigenvalue weighted by Crippen LogP contribution is 2.40. The molecular formula is C22H21Cl2F3N4O3. The molecule has 0 aliphatic rings. The highest BCUT2D eigenvalue weighted by molar-refractivity contribution is 6.36. The van der Waals surface area contributed by atoms with E-state index in [2.05, 4.69) is 10.7 Å². The van der Waals surface area contributed by atoms with E-state index in [1.54, 1.807) is 13.0 Å². The van der Waals surface area contributed by atoms with E-state index in [0.29, 0.717) is 0 Å². The van der Waals surface area contributed by atoms with Gasteiger partial charge in [-0.2, -0.15) is 5.26 Å². The second-order valence-electron chi connectivity index (χ2n) is 6.99. The van der Waals surface area contributed by atoms with Crippen LogP contribution in [0.4, 0.5) is 18.0 Å². The van der Waals surface area contributed by atoms with Gasteiger partial charge in [-0.3, -0.25) is 10.2 Å². The van der Waals surface area contributed by atoms with E-state index < -0.39 is 43.3 Å². The average Bonchev–Trinajstić information content (AvgIpc) is 2.76. The van der Waals surface area contributed by atoms with E-state index in [4.69, 9.17) is 33.2 Å². The molecule has 0 radical (unpaired) electrons. The maximum absolute atomic E-state index is 15.0. The predicted molar refractivity (Wildman–Crippen MR) is 121 cm³/mol. The van der Waals surface area contributed by atoms with Gasteiger partial charge in [-0.05, 0) is 37.6 Å². The highest BCUT2D eigenvalue weighted by atomic mass is 35.5. The summed E-state index contributed by atoms with van der Waals surface area (Å²) in [5.41, 5.74) is 2.90. The number of amides is 3. The van der Waals surface area contributed by atoms with E-state index in [0.717, 1.165) is 11.1 Å². The zero-order valence-corrected chi connectivity index (χ0v) is 19.7. The standard InChI is InChI=1S/C22H21Cl2F3N4O3/c1-3-31(30-20(32)6-7-28)22(33)29-12(2)15-5-4-13(8-18(15)25)16-9-14(23)10-17(24)21(16)34-11-19(26)27/h4-5,8-10,12,19H,3,6,11H2,1-2H3,(H,29,33)(H,30,32)/t12-/m1/s1. The summed E-state index contributed by atoms with van der Waals surface area (Å²) >= 11 is 12.1. The monoisotopic (exact) mass is 516 g/mol. The van der Waals surface area contributed by atoms with Crippen molar-refractivity contribution in [3.8, 4) is 22.9 Å². The quantitative estimate of drug-likeness (QED) is 0.454. The molecule has 0 spiro atoms. The van der Waals surface area contributed by atoms with Gasteiger partial charge in [-0.25, -0.2) is 23.0 Å². The van der Waals surface area contributed by atoms with Crippen molar-refractivity contribution in [3.05, 3.63) is 51.8 Å². The van der Waals surface area contributed by atoms with Crippen molar-refractivity contribution in [2.75, 3.05) is 13.2 Å². The number of hydrogen-bond donors (Lipinski definition) is 2. The molecule has 2 N–H and O–H groups in total. The summed E-state index contributed by atoms with van der Waals surface area (Å²) in [5, 5.41) is 12.3. The normalized spacial score (nSPS) is 11.5. The summed E-state index contributed by atoms with van der Waals surface area (Å²) in [6.07, 6.45) is -3.16. The molecule has 0 saturated carbocycles. The number of urea groups is 1. The molecule has 182 valence electrons. The number of carbonyl (C=O) groups excluding carboxylic acids is 2. The number of nitrogens with one attached hydrogen (secondary N) is 2. The fraction of sp³-hybridized carbons (Fsp3) is 0.318. The second kappa shape index (κ2) is 12.3. The number of hydrazine groups is 1. The molecule has 2 aromatic carbocycles. The first-order valence-electron chi connectivity index (χ1n) is 10.0. The van der Waals surface area contributed by atoms with Gasteiger partial charge in [0.15, 0.2) is 0 Å². The van der Waals surface area contributed by atoms with Gasteiger partial charge in [-0.15, -0.1) is 0 Å². The topological polar surface area (TPSA) is 94.5 Å². The number of nitriles is 1. The van der Waals surface area contributed by atoms with Crippen molar-refractivity contribution < 1.29 is 27.5 Å². The van der Waals surface area contributed by atoms with E-state index in [-0.39, 0.29) is 39.0 Å². The smallest absolute Gasteiger partial charge is 0.336 e. The van der Waals surface area contributed by atoms with Gasteiger partial charge >= 0.3 is 6.03 Å². The minimum absolute atomic E-state index is 0.00799. The van der Waals surface area contributed by atoms with Crippen LogP contribution in [0.2, 0.25) is 10.0 Å². The van der Waals surface area contributed by atoms with Gasteiger partial charge in [0.05, 0.1) is 17.1 Å². The first kappa shape index (κ1) is 27.1. The van der Waals surface area contributed by atoms with Gasteiger partial charge in [-0.1, -0.05) is 35.3 Å². The van der Waals surface area contributed by atoms with Gasteiger partial charge in [0.1, 0.15) is 24.6 Å². The number of ether oxygens (including phenoxy) is 1. The van der Waals surface area contributed by atoms with Crippen LogP contribution >= 0.6 is 23.2 Å². The van der Waals surface area contributed by atoms with E-state index in [1.807, 2.05) is 0 Å². The zero-order valence-electron chi connectivity index (χ0n) is 18.2. The molecule has 1 atom stereocenters. The van der Waals surface area contributed by atoms with Crippen LogP contribution in [0.3, 0.4) is 0 Å². The van der Waals surface area contributed by atoms with Crippen LogP contribution in [0.15, 0.2) is 30.3 Å². The Labute approximate surface area is 204 Å². The summed E-state index contributed by atoms with van der Waals surface area (Å²) in [6.45, 7) is 2.34. The van der Waals surface area contributed by atoms with Crippen LogP contribution in [-0.4, -0.2) is 36.5 Å². The van der Waals surface area contributed by atoms with Crippen molar-refractivity contribution in [2.45, 2.75) is 32.7 Å². The number of hydrogen-bond acceptors (Lipinski definition) is 4. The van der Waals surface area contributed by atoms with Crippen LogP contribution in [0, 0.1) is 17.1 Å². The fourth-order valence-electron chi connectivity index (χ4n) is 2.99. The maximum Gasteiger partial charge on any atom is 0.336 e. The number of halogens is 5. The van der Waals surface area contributed by atoms with Crippen LogP contribution in [0.1, 0.15) is 31.9 Å². The number of rotatable bonds is 8. The average molecular weight is 517 g/mol. The van der Waals surface area contributed by atoms with Crippen molar-refractivity contribution in [1.29, 1.82) is 5.26 Å². The maximum atomic E-state index is 15.0. The van der Waals surface area contributed by atoms with Crippen molar-refractivity contribution in [1.82, 2.24) is 15.8 Å². The lowest BCUT2D eigenvalue weighted by molar-refractivity contribution is -0.123. The third-order valence-electron chi connectivity index (χ3n) is 4.54. The molecule has 0 bridgehead atoms. The zero-order chi connectivity index (χ0) is 25.4. The number of nitrogens with zero attached hydrogens (tertiary/aromatic N) is 2. The molecule has 0 aromatic heterocycles. The summed E-state index contributed by atoms with van der Waals surface area (Å²) in [4.78, 5) is 24.0. The minimum atomic E-state index is -2.74. The van der Waals surface area contributed by atoms with E-state index in [1.165, 1.54) is 31.2 Å². The lowest BCUT2D eigenvalue weighted by Gasteiger charge is -2.24. The van der Waals surface area contributed by atoms with Gasteiger partial charge < -0.3 is 10.1 Å². The third kappa shape index (κ3) is 7.17. The first-order chi connectivity index (χ1) is 16.1. The van der Waals surface area contributed by atoms with Crippen LogP contribution < -0.4 is 15.5 Å². The molecule has 0 aliphatic carbocycles. The van der Waals surface area contributed by atoms with Gasteiger partial charge in [0.25, 0.3) is 12.3 Å². The molecule has 0 fully saturated rings. The first-order valence-corrected chi connectivity index (χ1v) is 10.8. The molecule has 2 rings (SSSR count). The Balaban J connectivity index is 2.26. The van der Waals surface area contributed by atoms with E-state index >= 15 is 0 Å². The largest absolute Gasteiger partial charge is 0.485 e. The van der Waals surface area contributed by atoms with Crippen molar-refractivity contribution in [3.63, 3.8) is 0 Å². The molecule has 0 heterocycles. The van der Waals surface area contributed by atoms with Gasteiger partial charge in [0.2, 0.25) is 0 Å². The Bertz CT molecular complexity index is 1100. The molecule has 34 heavy (non-hydrogen) atoms. The lowest BCUT2D eigenvalue weighted by Crippen LogP contribution is -2.50. The lowest BCUT2D eigenvalue weighted by atomic mass is 10.00. The number of carbonyl (C=O) groups is 2. The molecule has 12 heteroatoms. The SMILES string of the molecule is CCN(NC(=O)CC#N)C(=O)N[C@H](C)c1ccc(-c2cc(Cl)cc(Cl)c2OCC(F)F)cc1F. The highest BCUT2D eigenvalue weighted by Gasteiger charge is 2.21. The Morgan fingerprint density at radius 2 is 1.94 bits per heavy atom. The van der Waals surface area contributed by atoms with Crippen LogP contribution in [-0.2, 0) is 4.79 Å². The minimum Gasteiger partial charge on any atom is -0.485 e. The Kier molecular flexibility index (Phi) is 9.83. The molecule has 3 amide bonds. The molecular weight excluding hydrogens is 496 g/mol. The summed E-state index contributed by atoms with van der Waals surface area (Å²) in [6, 6.07) is 6.96. The third-order valence-corrected chi connectivity index (χ3v) is 5.04. The summed E-state index contributed by atoms with van der Waals surface area (Å²) in [5.74, 6) is -1.42. The summed E-state index contributed by atoms with van der Waals surface area (Å²) < 4.78 is 45.4. The molecule has 2 aromatic rings. The molecule has 7 nitrogen and oxygen atoms in total. The Morgan fingerprint density at radius 3 is 2.53 bits per heavy atom. The van der Waals surface area contributed by atoms with Gasteiger partial charge in [0, 0.05) is 22.7 Å². The van der Waals surface area contributed by atoms with Crippen molar-refractivity contribution in [2.24, 2.45) is 0 Å². The Morgan fingerprint density at radius 1 is 1.24 bits per heavy atom. The van der Waals surface area contributed by atoms with E-state index in [9.17, 15) is 22.8 Å².